The van der Waals surface area contributed by atoms with Crippen LogP contribution in [0.2, 0.25) is 0 Å². The van der Waals surface area contributed by atoms with Crippen LogP contribution in [0.1, 0.15) is 18.5 Å². The van der Waals surface area contributed by atoms with Crippen LogP contribution in [-0.2, 0) is 0 Å². The van der Waals surface area contributed by atoms with Crippen LogP contribution in [-0.4, -0.2) is 6.54 Å². The highest BCUT2D eigenvalue weighted by molar-refractivity contribution is 5.27. The zero-order chi connectivity index (χ0) is 10.6. The summed E-state index contributed by atoms with van der Waals surface area (Å²) in [5, 5.41) is 2.87. The van der Waals surface area contributed by atoms with E-state index in [1.807, 2.05) is 6.92 Å². The molecule has 1 unspecified atom stereocenters. The summed E-state index contributed by atoms with van der Waals surface area (Å²) in [5.41, 5.74) is 0.175. The van der Waals surface area contributed by atoms with Crippen LogP contribution in [0.25, 0.3) is 0 Å². The van der Waals surface area contributed by atoms with Crippen LogP contribution in [0.15, 0.2) is 18.2 Å². The summed E-state index contributed by atoms with van der Waals surface area (Å²) in [5.74, 6) is 1.39. The Morgan fingerprint density at radius 3 is 2.79 bits per heavy atom. The standard InChI is InChI=1S/C11H11F2N/c1-3-11(14-4-2)9-7-8(12)5-6-10(9)13/h1,5-7,11,14H,4H2,2H3. The molecule has 0 radical (unpaired) electrons. The van der Waals surface area contributed by atoms with Gasteiger partial charge in [-0.25, -0.2) is 8.78 Å². The van der Waals surface area contributed by atoms with Crippen LogP contribution in [0, 0.1) is 24.0 Å². The predicted octanol–water partition coefficient (Wildman–Crippen LogP) is 2.25. The molecule has 0 aliphatic heterocycles. The van der Waals surface area contributed by atoms with Gasteiger partial charge in [-0.15, -0.1) is 6.42 Å². The lowest BCUT2D eigenvalue weighted by molar-refractivity contribution is 0.557. The summed E-state index contributed by atoms with van der Waals surface area (Å²) in [7, 11) is 0. The summed E-state index contributed by atoms with van der Waals surface area (Å²) in [6.07, 6.45) is 5.21. The van der Waals surface area contributed by atoms with E-state index in [1.165, 1.54) is 0 Å². The van der Waals surface area contributed by atoms with Crippen molar-refractivity contribution in [3.8, 4) is 12.3 Å². The first-order valence-corrected chi connectivity index (χ1v) is 4.33. The first-order chi connectivity index (χ1) is 6.69. The molecule has 0 aromatic heterocycles. The van der Waals surface area contributed by atoms with E-state index in [0.29, 0.717) is 6.54 Å². The molecular weight excluding hydrogens is 184 g/mol. The lowest BCUT2D eigenvalue weighted by Crippen LogP contribution is -2.20. The summed E-state index contributed by atoms with van der Waals surface area (Å²) < 4.78 is 26.0. The molecule has 0 bridgehead atoms. The largest absolute Gasteiger partial charge is 0.300 e. The van der Waals surface area contributed by atoms with Crippen molar-refractivity contribution in [1.29, 1.82) is 0 Å². The third kappa shape index (κ3) is 2.30. The molecule has 0 saturated heterocycles. The van der Waals surface area contributed by atoms with Crippen molar-refractivity contribution in [2.45, 2.75) is 13.0 Å². The molecule has 0 spiro atoms. The summed E-state index contributed by atoms with van der Waals surface area (Å²) in [4.78, 5) is 0. The number of hydrogen-bond acceptors (Lipinski definition) is 1. The fraction of sp³-hybridized carbons (Fsp3) is 0.273. The Labute approximate surface area is 82.1 Å². The van der Waals surface area contributed by atoms with Crippen LogP contribution in [0.3, 0.4) is 0 Å². The third-order valence-electron chi connectivity index (χ3n) is 1.84. The first kappa shape index (κ1) is 10.7. The first-order valence-electron chi connectivity index (χ1n) is 4.33. The monoisotopic (exact) mass is 195 g/mol. The Morgan fingerprint density at radius 1 is 1.50 bits per heavy atom. The summed E-state index contributed by atoms with van der Waals surface area (Å²) in [6, 6.07) is 2.68. The van der Waals surface area contributed by atoms with Crippen molar-refractivity contribution in [2.75, 3.05) is 6.54 Å². The molecule has 0 fully saturated rings. The second kappa shape index (κ2) is 4.73. The molecular formula is C11H11F2N. The number of nitrogens with one attached hydrogen (secondary N) is 1. The van der Waals surface area contributed by atoms with Gasteiger partial charge in [-0.2, -0.15) is 0 Å². The van der Waals surface area contributed by atoms with Gasteiger partial charge in [0, 0.05) is 5.56 Å². The highest BCUT2D eigenvalue weighted by atomic mass is 19.1. The highest BCUT2D eigenvalue weighted by Crippen LogP contribution is 2.17. The summed E-state index contributed by atoms with van der Waals surface area (Å²) >= 11 is 0. The second-order valence-corrected chi connectivity index (χ2v) is 2.82. The van der Waals surface area contributed by atoms with Crippen LogP contribution in [0.4, 0.5) is 8.78 Å². The maximum atomic E-state index is 13.2. The molecule has 0 saturated carbocycles. The number of benzene rings is 1. The van der Waals surface area contributed by atoms with Gasteiger partial charge < -0.3 is 5.32 Å². The SMILES string of the molecule is C#CC(NCC)c1cc(F)ccc1F. The van der Waals surface area contributed by atoms with E-state index >= 15 is 0 Å². The van der Waals surface area contributed by atoms with Gasteiger partial charge in [0.1, 0.15) is 11.6 Å². The third-order valence-corrected chi connectivity index (χ3v) is 1.84. The lowest BCUT2D eigenvalue weighted by atomic mass is 10.1. The molecule has 74 valence electrons. The minimum Gasteiger partial charge on any atom is -0.300 e. The Hall–Kier alpha value is -1.40. The smallest absolute Gasteiger partial charge is 0.129 e. The number of hydrogen-bond donors (Lipinski definition) is 1. The van der Waals surface area contributed by atoms with E-state index in [4.69, 9.17) is 6.42 Å². The molecule has 1 rings (SSSR count). The van der Waals surface area contributed by atoms with Crippen LogP contribution >= 0.6 is 0 Å². The van der Waals surface area contributed by atoms with E-state index < -0.39 is 17.7 Å². The maximum Gasteiger partial charge on any atom is 0.129 e. The summed E-state index contributed by atoms with van der Waals surface area (Å²) in [6.45, 7) is 2.45. The molecule has 0 amide bonds. The highest BCUT2D eigenvalue weighted by Gasteiger charge is 2.12. The molecule has 0 heterocycles. The number of terminal acetylenes is 1. The molecule has 14 heavy (non-hydrogen) atoms. The number of rotatable bonds is 3. The quantitative estimate of drug-likeness (QED) is 0.729. The van der Waals surface area contributed by atoms with E-state index in [1.54, 1.807) is 0 Å². The lowest BCUT2D eigenvalue weighted by Gasteiger charge is -2.12. The van der Waals surface area contributed by atoms with Crippen molar-refractivity contribution in [3.05, 3.63) is 35.4 Å². The number of halogens is 2. The fourth-order valence-electron chi connectivity index (χ4n) is 1.20. The van der Waals surface area contributed by atoms with Gasteiger partial charge in [0.05, 0.1) is 6.04 Å². The molecule has 0 aliphatic carbocycles. The van der Waals surface area contributed by atoms with Crippen molar-refractivity contribution in [2.24, 2.45) is 0 Å². The van der Waals surface area contributed by atoms with Crippen molar-refractivity contribution < 1.29 is 8.78 Å². The molecule has 1 atom stereocenters. The zero-order valence-electron chi connectivity index (χ0n) is 7.85. The van der Waals surface area contributed by atoms with Gasteiger partial charge in [-0.3, -0.25) is 0 Å². The van der Waals surface area contributed by atoms with E-state index in [2.05, 4.69) is 11.2 Å². The Balaban J connectivity index is 3.03. The Bertz CT molecular complexity index is 355. The van der Waals surface area contributed by atoms with Gasteiger partial charge in [-0.1, -0.05) is 12.8 Å². The minimum atomic E-state index is -0.573. The topological polar surface area (TPSA) is 12.0 Å². The van der Waals surface area contributed by atoms with Gasteiger partial charge >= 0.3 is 0 Å². The molecule has 1 N–H and O–H groups in total. The minimum absolute atomic E-state index is 0.175. The molecule has 3 heteroatoms. The Kier molecular flexibility index (Phi) is 3.61. The van der Waals surface area contributed by atoms with Crippen molar-refractivity contribution in [3.63, 3.8) is 0 Å². The molecule has 1 aromatic rings. The van der Waals surface area contributed by atoms with Crippen LogP contribution < -0.4 is 5.32 Å². The fourth-order valence-corrected chi connectivity index (χ4v) is 1.20. The zero-order valence-corrected chi connectivity index (χ0v) is 7.85. The normalized spacial score (nSPS) is 12.1. The van der Waals surface area contributed by atoms with E-state index in [0.717, 1.165) is 18.2 Å². The van der Waals surface area contributed by atoms with Gasteiger partial charge in [0.2, 0.25) is 0 Å². The molecule has 1 aromatic carbocycles. The molecule has 1 nitrogen and oxygen atoms in total. The Morgan fingerprint density at radius 2 is 2.21 bits per heavy atom. The van der Waals surface area contributed by atoms with Gasteiger partial charge in [-0.05, 0) is 24.7 Å². The van der Waals surface area contributed by atoms with Crippen LogP contribution in [0.5, 0.6) is 0 Å². The van der Waals surface area contributed by atoms with Crippen molar-refractivity contribution in [1.82, 2.24) is 5.32 Å². The second-order valence-electron chi connectivity index (χ2n) is 2.82. The van der Waals surface area contributed by atoms with Crippen molar-refractivity contribution >= 4 is 0 Å². The van der Waals surface area contributed by atoms with E-state index in [-0.39, 0.29) is 5.56 Å². The maximum absolute atomic E-state index is 13.2. The van der Waals surface area contributed by atoms with Gasteiger partial charge in [0.25, 0.3) is 0 Å². The average Bonchev–Trinajstić information content (AvgIpc) is 2.18. The molecule has 0 aliphatic rings. The van der Waals surface area contributed by atoms with Gasteiger partial charge in [0.15, 0.2) is 0 Å². The predicted molar refractivity (Wildman–Crippen MR) is 51.6 cm³/mol. The average molecular weight is 195 g/mol. The van der Waals surface area contributed by atoms with E-state index in [9.17, 15) is 8.78 Å².